The summed E-state index contributed by atoms with van der Waals surface area (Å²) in [5.74, 6) is -4.88. The van der Waals surface area contributed by atoms with E-state index in [0.29, 0.717) is 24.9 Å². The first-order valence-corrected chi connectivity index (χ1v) is 11.5. The molecule has 0 saturated carbocycles. The van der Waals surface area contributed by atoms with Crippen molar-refractivity contribution >= 4 is 29.7 Å². The van der Waals surface area contributed by atoms with E-state index < -0.39 is 60.4 Å². The fourth-order valence-corrected chi connectivity index (χ4v) is 3.24. The lowest BCUT2D eigenvalue weighted by Crippen LogP contribution is -2.58. The number of carbonyl (C=O) groups is 5. The van der Waals surface area contributed by atoms with Crippen LogP contribution in [0, 0.1) is 0 Å². The number of rotatable bonds is 17. The molecule has 36 heavy (non-hydrogen) atoms. The molecule has 200 valence electrons. The van der Waals surface area contributed by atoms with Gasteiger partial charge in [0.05, 0.1) is 12.6 Å². The average Bonchev–Trinajstić information content (AvgIpc) is 2.84. The van der Waals surface area contributed by atoms with Crippen LogP contribution in [0.2, 0.25) is 0 Å². The molecule has 4 unspecified atom stereocenters. The zero-order chi connectivity index (χ0) is 27.1. The van der Waals surface area contributed by atoms with Gasteiger partial charge in [-0.05, 0) is 37.8 Å². The van der Waals surface area contributed by atoms with Crippen LogP contribution in [0.1, 0.15) is 37.7 Å². The summed E-state index contributed by atoms with van der Waals surface area (Å²) in [6.45, 7) is -0.475. The van der Waals surface area contributed by atoms with E-state index in [1.165, 1.54) is 0 Å². The highest BCUT2D eigenvalue weighted by molar-refractivity contribution is 5.94. The topological polar surface area (TPSA) is 234 Å². The Morgan fingerprint density at radius 2 is 1.39 bits per heavy atom. The molecule has 0 saturated heterocycles. The number of unbranched alkanes of at least 4 members (excludes halogenated alkanes) is 1. The molecule has 0 aliphatic carbocycles. The van der Waals surface area contributed by atoms with Crippen molar-refractivity contribution in [3.8, 4) is 0 Å². The normalized spacial score (nSPS) is 14.1. The molecule has 0 aliphatic heterocycles. The first-order valence-electron chi connectivity index (χ1n) is 11.5. The fraction of sp³-hybridized carbons (Fsp3) is 0.522. The third-order valence-electron chi connectivity index (χ3n) is 5.30. The fourth-order valence-electron chi connectivity index (χ4n) is 3.24. The summed E-state index contributed by atoms with van der Waals surface area (Å²) in [4.78, 5) is 60.2. The second kappa shape index (κ2) is 16.2. The zero-order valence-electron chi connectivity index (χ0n) is 19.9. The number of aliphatic hydroxyl groups is 1. The predicted molar refractivity (Wildman–Crippen MR) is 128 cm³/mol. The largest absolute Gasteiger partial charge is 0.481 e. The van der Waals surface area contributed by atoms with E-state index in [4.69, 9.17) is 16.6 Å². The van der Waals surface area contributed by atoms with Crippen LogP contribution in [-0.4, -0.2) is 82.3 Å². The van der Waals surface area contributed by atoms with Crippen molar-refractivity contribution in [1.82, 2.24) is 16.0 Å². The lowest BCUT2D eigenvalue weighted by Gasteiger charge is -2.24. The van der Waals surface area contributed by atoms with Gasteiger partial charge in [0.1, 0.15) is 18.1 Å². The van der Waals surface area contributed by atoms with Crippen LogP contribution in [0.15, 0.2) is 30.3 Å². The van der Waals surface area contributed by atoms with E-state index in [2.05, 4.69) is 16.0 Å². The number of nitrogens with one attached hydrogen (secondary N) is 3. The Kier molecular flexibility index (Phi) is 13.7. The van der Waals surface area contributed by atoms with E-state index >= 15 is 0 Å². The standard InChI is InChI=1S/C23H35N5O8/c24-11-5-4-8-16(26-20(32)15(25)9-10-19(30)31)21(33)28-18(13-29)22(34)27-17(23(35)36)12-14-6-2-1-3-7-14/h1-3,6-7,15-18,29H,4-5,8-13,24-25H2,(H,26,32)(H,27,34)(H,28,33)(H,30,31)(H,35,36). The van der Waals surface area contributed by atoms with Crippen molar-refractivity contribution in [2.24, 2.45) is 11.5 Å². The van der Waals surface area contributed by atoms with Crippen molar-refractivity contribution in [3.63, 3.8) is 0 Å². The molecule has 13 nitrogen and oxygen atoms in total. The van der Waals surface area contributed by atoms with Gasteiger partial charge in [-0.25, -0.2) is 4.79 Å². The van der Waals surface area contributed by atoms with Gasteiger partial charge in [0.2, 0.25) is 17.7 Å². The number of hydrogen-bond donors (Lipinski definition) is 8. The molecule has 4 atom stereocenters. The molecule has 0 bridgehead atoms. The number of aliphatic carboxylic acids is 2. The molecule has 3 amide bonds. The number of carboxylic acid groups (broad SMARTS) is 2. The summed E-state index contributed by atoms with van der Waals surface area (Å²) in [5.41, 5.74) is 11.8. The van der Waals surface area contributed by atoms with Crippen LogP contribution >= 0.6 is 0 Å². The maximum Gasteiger partial charge on any atom is 0.326 e. The van der Waals surface area contributed by atoms with Crippen LogP contribution in [0.3, 0.4) is 0 Å². The summed E-state index contributed by atoms with van der Waals surface area (Å²) >= 11 is 0. The molecule has 1 aromatic carbocycles. The lowest BCUT2D eigenvalue weighted by atomic mass is 10.0. The van der Waals surface area contributed by atoms with Gasteiger partial charge in [-0.15, -0.1) is 0 Å². The third kappa shape index (κ3) is 11.3. The van der Waals surface area contributed by atoms with Crippen LogP contribution in [0.25, 0.3) is 0 Å². The maximum atomic E-state index is 12.8. The maximum absolute atomic E-state index is 12.8. The molecule has 0 heterocycles. The van der Waals surface area contributed by atoms with Crippen LogP contribution in [-0.2, 0) is 30.4 Å². The van der Waals surface area contributed by atoms with Crippen LogP contribution in [0.4, 0.5) is 0 Å². The first-order chi connectivity index (χ1) is 17.1. The van der Waals surface area contributed by atoms with Crippen molar-refractivity contribution < 1.29 is 39.3 Å². The number of amides is 3. The molecule has 13 heteroatoms. The van der Waals surface area contributed by atoms with Gasteiger partial charge in [0, 0.05) is 12.8 Å². The number of carbonyl (C=O) groups excluding carboxylic acids is 3. The molecule has 0 fully saturated rings. The smallest absolute Gasteiger partial charge is 0.326 e. The Balaban J connectivity index is 2.85. The first kappa shape index (κ1) is 30.5. The Morgan fingerprint density at radius 1 is 0.806 bits per heavy atom. The van der Waals surface area contributed by atoms with Crippen molar-refractivity contribution in [1.29, 1.82) is 0 Å². The van der Waals surface area contributed by atoms with Crippen molar-refractivity contribution in [3.05, 3.63) is 35.9 Å². The number of carboxylic acids is 2. The van der Waals surface area contributed by atoms with E-state index in [9.17, 15) is 34.2 Å². The Hall–Kier alpha value is -3.55. The Bertz CT molecular complexity index is 883. The number of hydrogen-bond acceptors (Lipinski definition) is 8. The van der Waals surface area contributed by atoms with E-state index in [0.717, 1.165) is 0 Å². The van der Waals surface area contributed by atoms with Gasteiger partial charge in [-0.2, -0.15) is 0 Å². The highest BCUT2D eigenvalue weighted by atomic mass is 16.4. The third-order valence-corrected chi connectivity index (χ3v) is 5.30. The zero-order valence-corrected chi connectivity index (χ0v) is 19.9. The van der Waals surface area contributed by atoms with Gasteiger partial charge in [0.15, 0.2) is 0 Å². The Labute approximate surface area is 208 Å². The average molecular weight is 510 g/mol. The summed E-state index contributed by atoms with van der Waals surface area (Å²) in [6.07, 6.45) is 0.658. The molecule has 1 rings (SSSR count). The van der Waals surface area contributed by atoms with Crippen LogP contribution in [0.5, 0.6) is 0 Å². The minimum absolute atomic E-state index is 0.0139. The van der Waals surface area contributed by atoms with Gasteiger partial charge < -0.3 is 42.7 Å². The van der Waals surface area contributed by atoms with Gasteiger partial charge in [-0.3, -0.25) is 19.2 Å². The van der Waals surface area contributed by atoms with Gasteiger partial charge in [0.25, 0.3) is 0 Å². The highest BCUT2D eigenvalue weighted by Crippen LogP contribution is 2.06. The number of benzene rings is 1. The number of nitrogens with two attached hydrogens (primary N) is 2. The molecule has 0 spiro atoms. The predicted octanol–water partition coefficient (Wildman–Crippen LogP) is -1.92. The Morgan fingerprint density at radius 3 is 1.94 bits per heavy atom. The van der Waals surface area contributed by atoms with E-state index in [1.54, 1.807) is 30.3 Å². The van der Waals surface area contributed by atoms with Crippen molar-refractivity contribution in [2.45, 2.75) is 62.7 Å². The lowest BCUT2D eigenvalue weighted by molar-refractivity contribution is -0.142. The molecular weight excluding hydrogens is 474 g/mol. The quantitative estimate of drug-likeness (QED) is 0.108. The SMILES string of the molecule is NCCCCC(NC(=O)C(N)CCC(=O)O)C(=O)NC(CO)C(=O)NC(Cc1ccccc1)C(=O)O. The highest BCUT2D eigenvalue weighted by Gasteiger charge is 2.30. The minimum Gasteiger partial charge on any atom is -0.481 e. The van der Waals surface area contributed by atoms with E-state index in [-0.39, 0.29) is 25.7 Å². The summed E-state index contributed by atoms with van der Waals surface area (Å²) < 4.78 is 0. The second-order valence-corrected chi connectivity index (χ2v) is 8.22. The molecule has 1 aromatic rings. The monoisotopic (exact) mass is 509 g/mol. The minimum atomic E-state index is -1.48. The number of aliphatic hydroxyl groups excluding tert-OH is 1. The molecule has 0 aromatic heterocycles. The van der Waals surface area contributed by atoms with Gasteiger partial charge in [-0.1, -0.05) is 30.3 Å². The molecular formula is C23H35N5O8. The van der Waals surface area contributed by atoms with Crippen LogP contribution < -0.4 is 27.4 Å². The van der Waals surface area contributed by atoms with Gasteiger partial charge >= 0.3 is 11.9 Å². The summed E-state index contributed by atoms with van der Waals surface area (Å²) in [5, 5.41) is 35.0. The molecule has 0 radical (unpaired) electrons. The molecule has 0 aliphatic rings. The van der Waals surface area contributed by atoms with Crippen molar-refractivity contribution in [2.75, 3.05) is 13.2 Å². The summed E-state index contributed by atoms with van der Waals surface area (Å²) in [6, 6.07) is 3.50. The molecule has 10 N–H and O–H groups in total. The van der Waals surface area contributed by atoms with E-state index in [1.807, 2.05) is 0 Å². The second-order valence-electron chi connectivity index (χ2n) is 8.22. The summed E-state index contributed by atoms with van der Waals surface area (Å²) in [7, 11) is 0.